The fraction of sp³-hybridized carbons (Fsp3) is 0.289. The standard InChI is InChI=1S/C38H36O13/c1-42-26-13-5-22(6-14-26)34(39)46-21-30-31(48-35(40)23-7-15-27(43-2)16-8-23)32(49-36(41)24-9-17-28(44-3)18-10-24)33-38(47-30)51-37(50-33)25-11-19-29(45-4)20-12-25/h5-20,30-33,37-38H,21H2,1-4H3/t30-,31-,32+,33-,37+,38-/m1/s1. The quantitative estimate of drug-likeness (QED) is 0.142. The van der Waals surface area contributed by atoms with Crippen molar-refractivity contribution in [3.63, 3.8) is 0 Å². The number of hydrogen-bond donors (Lipinski definition) is 0. The van der Waals surface area contributed by atoms with E-state index in [1.807, 2.05) is 0 Å². The minimum absolute atomic E-state index is 0.187. The molecule has 0 unspecified atom stereocenters. The number of carbonyl (C=O) groups is 3. The first-order chi connectivity index (χ1) is 24.8. The zero-order valence-electron chi connectivity index (χ0n) is 28.2. The average Bonchev–Trinajstić information content (AvgIpc) is 3.62. The molecule has 0 aliphatic carbocycles. The summed E-state index contributed by atoms with van der Waals surface area (Å²) in [6.07, 6.45) is -6.92. The largest absolute Gasteiger partial charge is 0.497 e. The van der Waals surface area contributed by atoms with Gasteiger partial charge in [-0.25, -0.2) is 14.4 Å². The Morgan fingerprint density at radius 2 is 0.922 bits per heavy atom. The van der Waals surface area contributed by atoms with Crippen LogP contribution in [0.4, 0.5) is 0 Å². The number of ether oxygens (including phenoxy) is 10. The Kier molecular flexibility index (Phi) is 11.0. The second-order valence-corrected chi connectivity index (χ2v) is 11.4. The Morgan fingerprint density at radius 1 is 0.510 bits per heavy atom. The number of methoxy groups -OCH3 is 4. The fourth-order valence-electron chi connectivity index (χ4n) is 5.56. The van der Waals surface area contributed by atoms with Gasteiger partial charge in [-0.05, 0) is 84.9 Å². The van der Waals surface area contributed by atoms with Crippen molar-refractivity contribution >= 4 is 17.9 Å². The summed E-state index contributed by atoms with van der Waals surface area (Å²) in [6.45, 7) is -0.401. The summed E-state index contributed by atoms with van der Waals surface area (Å²) in [5.74, 6) is 0.0938. The Hall–Kier alpha value is -5.63. The van der Waals surface area contributed by atoms with Gasteiger partial charge in [0.25, 0.3) is 0 Å². The molecule has 0 spiro atoms. The minimum atomic E-state index is -1.33. The zero-order chi connectivity index (χ0) is 35.9. The van der Waals surface area contributed by atoms with Crippen LogP contribution in [0.2, 0.25) is 0 Å². The van der Waals surface area contributed by atoms with Crippen LogP contribution in [0.5, 0.6) is 23.0 Å². The zero-order valence-corrected chi connectivity index (χ0v) is 28.2. The number of rotatable bonds is 12. The summed E-state index contributed by atoms with van der Waals surface area (Å²) in [7, 11) is 6.08. The number of fused-ring (bicyclic) bond motifs is 1. The molecule has 0 bridgehead atoms. The van der Waals surface area contributed by atoms with E-state index in [1.165, 1.54) is 45.6 Å². The number of benzene rings is 4. The van der Waals surface area contributed by atoms with E-state index in [1.54, 1.807) is 79.9 Å². The van der Waals surface area contributed by atoms with E-state index in [0.717, 1.165) is 0 Å². The van der Waals surface area contributed by atoms with Crippen LogP contribution in [0.3, 0.4) is 0 Å². The van der Waals surface area contributed by atoms with Crippen molar-refractivity contribution in [2.45, 2.75) is 37.0 Å². The summed E-state index contributed by atoms with van der Waals surface area (Å²) in [6, 6.07) is 25.9. The molecule has 2 heterocycles. The molecular weight excluding hydrogens is 664 g/mol. The monoisotopic (exact) mass is 700 g/mol. The maximum Gasteiger partial charge on any atom is 0.338 e. The van der Waals surface area contributed by atoms with Crippen molar-refractivity contribution in [1.29, 1.82) is 0 Å². The summed E-state index contributed by atoms with van der Waals surface area (Å²) in [5, 5.41) is 0. The molecule has 4 aromatic carbocycles. The molecule has 6 rings (SSSR count). The predicted octanol–water partition coefficient (Wildman–Crippen LogP) is 5.17. The maximum absolute atomic E-state index is 13.6. The first-order valence-corrected chi connectivity index (χ1v) is 15.9. The molecule has 2 aliphatic rings. The van der Waals surface area contributed by atoms with E-state index in [-0.39, 0.29) is 16.7 Å². The second kappa shape index (κ2) is 15.9. The van der Waals surface area contributed by atoms with Crippen LogP contribution in [0.25, 0.3) is 0 Å². The van der Waals surface area contributed by atoms with Crippen LogP contribution in [0.15, 0.2) is 97.1 Å². The minimum Gasteiger partial charge on any atom is -0.497 e. The van der Waals surface area contributed by atoms with Gasteiger partial charge in [0.05, 0.1) is 45.1 Å². The highest BCUT2D eigenvalue weighted by Gasteiger charge is 2.56. The molecule has 2 aliphatic heterocycles. The lowest BCUT2D eigenvalue weighted by molar-refractivity contribution is -0.252. The molecule has 266 valence electrons. The van der Waals surface area contributed by atoms with Crippen LogP contribution in [0.1, 0.15) is 42.9 Å². The molecule has 0 radical (unpaired) electrons. The van der Waals surface area contributed by atoms with E-state index in [9.17, 15) is 14.4 Å². The molecule has 51 heavy (non-hydrogen) atoms. The number of hydrogen-bond acceptors (Lipinski definition) is 13. The summed E-state index contributed by atoms with van der Waals surface area (Å²) in [5.41, 5.74) is 1.26. The summed E-state index contributed by atoms with van der Waals surface area (Å²) < 4.78 is 57.4. The van der Waals surface area contributed by atoms with Crippen LogP contribution in [0, 0.1) is 0 Å². The van der Waals surface area contributed by atoms with Gasteiger partial charge in [-0.3, -0.25) is 0 Å². The van der Waals surface area contributed by atoms with Crippen LogP contribution in [-0.2, 0) is 28.4 Å². The maximum atomic E-state index is 13.6. The molecule has 13 nitrogen and oxygen atoms in total. The molecular formula is C38H36O13. The SMILES string of the molecule is COc1ccc(C(=O)OC[C@H]2O[C@@H]3O[C@@H](c4ccc(OC)cc4)O[C@@H]3[C@@H](OC(=O)c3ccc(OC)cc3)[C@@H]2OC(=O)c2ccc(OC)cc2)cc1. The molecule has 0 amide bonds. The Bertz CT molecular complexity index is 1790. The van der Waals surface area contributed by atoms with Crippen molar-refractivity contribution in [1.82, 2.24) is 0 Å². The second-order valence-electron chi connectivity index (χ2n) is 11.4. The number of carbonyl (C=O) groups excluding carboxylic acids is 3. The van der Waals surface area contributed by atoms with Gasteiger partial charge in [-0.15, -0.1) is 0 Å². The third-order valence-corrected chi connectivity index (χ3v) is 8.36. The highest BCUT2D eigenvalue weighted by molar-refractivity contribution is 5.91. The van der Waals surface area contributed by atoms with Gasteiger partial charge in [0, 0.05) is 5.56 Å². The van der Waals surface area contributed by atoms with Crippen molar-refractivity contribution in [3.8, 4) is 23.0 Å². The van der Waals surface area contributed by atoms with Gasteiger partial charge in [0.15, 0.2) is 30.9 Å². The predicted molar refractivity (Wildman–Crippen MR) is 178 cm³/mol. The molecule has 0 aromatic heterocycles. The van der Waals surface area contributed by atoms with Crippen LogP contribution >= 0.6 is 0 Å². The van der Waals surface area contributed by atoms with Gasteiger partial charge in [-0.1, -0.05) is 12.1 Å². The molecule has 4 aromatic rings. The van der Waals surface area contributed by atoms with Gasteiger partial charge in [-0.2, -0.15) is 0 Å². The molecule has 6 atom stereocenters. The number of esters is 3. The lowest BCUT2D eigenvalue weighted by Gasteiger charge is -2.41. The van der Waals surface area contributed by atoms with Crippen molar-refractivity contribution in [3.05, 3.63) is 119 Å². The summed E-state index contributed by atoms with van der Waals surface area (Å²) in [4.78, 5) is 40.4. The van der Waals surface area contributed by atoms with E-state index < -0.39 is 61.5 Å². The normalized spacial score (nSPS) is 22.2. The highest BCUT2D eigenvalue weighted by Crippen LogP contribution is 2.41. The molecule has 2 saturated heterocycles. The molecule has 13 heteroatoms. The van der Waals surface area contributed by atoms with Crippen LogP contribution in [-0.4, -0.2) is 83.7 Å². The molecule has 2 fully saturated rings. The lowest BCUT2D eigenvalue weighted by atomic mass is 9.98. The highest BCUT2D eigenvalue weighted by atomic mass is 16.8. The Morgan fingerprint density at radius 3 is 1.37 bits per heavy atom. The van der Waals surface area contributed by atoms with Gasteiger partial charge in [0.2, 0.25) is 0 Å². The summed E-state index contributed by atoms with van der Waals surface area (Å²) >= 11 is 0. The van der Waals surface area contributed by atoms with Gasteiger partial charge in [0.1, 0.15) is 35.7 Å². The topological polar surface area (TPSA) is 144 Å². The van der Waals surface area contributed by atoms with Gasteiger partial charge < -0.3 is 47.4 Å². The molecule has 0 saturated carbocycles. The molecule has 0 N–H and O–H groups in total. The van der Waals surface area contributed by atoms with Crippen molar-refractivity contribution in [2.24, 2.45) is 0 Å². The Labute approximate surface area is 293 Å². The first-order valence-electron chi connectivity index (χ1n) is 15.9. The van der Waals surface area contributed by atoms with E-state index >= 15 is 0 Å². The van der Waals surface area contributed by atoms with E-state index in [2.05, 4.69) is 0 Å². The van der Waals surface area contributed by atoms with Gasteiger partial charge >= 0.3 is 17.9 Å². The van der Waals surface area contributed by atoms with Crippen LogP contribution < -0.4 is 18.9 Å². The average molecular weight is 701 g/mol. The van der Waals surface area contributed by atoms with Crippen molar-refractivity contribution < 1.29 is 61.8 Å². The van der Waals surface area contributed by atoms with Crippen molar-refractivity contribution in [2.75, 3.05) is 35.0 Å². The van der Waals surface area contributed by atoms with E-state index in [4.69, 9.17) is 47.4 Å². The Balaban J connectivity index is 1.32. The third-order valence-electron chi connectivity index (χ3n) is 8.36. The smallest absolute Gasteiger partial charge is 0.338 e. The lowest BCUT2D eigenvalue weighted by Crippen LogP contribution is -2.60. The first kappa shape index (κ1) is 35.2. The third kappa shape index (κ3) is 8.07. The van der Waals surface area contributed by atoms with E-state index in [0.29, 0.717) is 28.6 Å². The fourth-order valence-corrected chi connectivity index (χ4v) is 5.56.